The van der Waals surface area contributed by atoms with Gasteiger partial charge in [-0.25, -0.2) is 0 Å². The molecule has 0 aromatic heterocycles. The Bertz CT molecular complexity index is 571. The molecule has 1 heterocycles. The van der Waals surface area contributed by atoms with Crippen molar-refractivity contribution < 1.29 is 14.4 Å². The Labute approximate surface area is 123 Å². The van der Waals surface area contributed by atoms with Crippen LogP contribution in [-0.4, -0.2) is 36.9 Å². The molecule has 1 aromatic carbocycles. The molecule has 1 aliphatic heterocycles. The number of carbonyl (C=O) groups excluding carboxylic acids is 3. The zero-order chi connectivity index (χ0) is 15.4. The van der Waals surface area contributed by atoms with E-state index in [1.807, 2.05) is 24.3 Å². The number of benzene rings is 1. The van der Waals surface area contributed by atoms with Gasteiger partial charge in [-0.2, -0.15) is 0 Å². The molecular weight excluding hydrogens is 270 g/mol. The van der Waals surface area contributed by atoms with Crippen LogP contribution >= 0.6 is 0 Å². The van der Waals surface area contributed by atoms with E-state index in [-0.39, 0.29) is 17.7 Å². The van der Waals surface area contributed by atoms with Gasteiger partial charge in [0.25, 0.3) is 0 Å². The molecule has 112 valence electrons. The predicted molar refractivity (Wildman–Crippen MR) is 77.5 cm³/mol. The van der Waals surface area contributed by atoms with Gasteiger partial charge in [0.1, 0.15) is 12.1 Å². The summed E-state index contributed by atoms with van der Waals surface area (Å²) in [4.78, 5) is 35.4. The van der Waals surface area contributed by atoms with Gasteiger partial charge in [-0.3, -0.25) is 14.4 Å². The largest absolute Gasteiger partial charge is 0.357 e. The first-order valence-electron chi connectivity index (χ1n) is 6.87. The first-order chi connectivity index (χ1) is 10.0. The fourth-order valence-corrected chi connectivity index (χ4v) is 2.51. The SMILES string of the molecule is CNC(=O)[C@H]1Cc2ccccc2C[C@H](NC(C)=O)C(=O)N1. The minimum Gasteiger partial charge on any atom is -0.357 e. The van der Waals surface area contributed by atoms with Crippen molar-refractivity contribution in [1.29, 1.82) is 0 Å². The van der Waals surface area contributed by atoms with E-state index >= 15 is 0 Å². The zero-order valence-electron chi connectivity index (χ0n) is 12.1. The molecule has 6 nitrogen and oxygen atoms in total. The number of fused-ring (bicyclic) bond motifs is 1. The summed E-state index contributed by atoms with van der Waals surface area (Å²) in [5, 5.41) is 7.88. The topological polar surface area (TPSA) is 87.3 Å². The van der Waals surface area contributed by atoms with Crippen molar-refractivity contribution in [2.24, 2.45) is 0 Å². The van der Waals surface area contributed by atoms with Gasteiger partial charge in [-0.1, -0.05) is 24.3 Å². The van der Waals surface area contributed by atoms with Gasteiger partial charge in [-0.15, -0.1) is 0 Å². The fourth-order valence-electron chi connectivity index (χ4n) is 2.51. The highest BCUT2D eigenvalue weighted by Crippen LogP contribution is 2.16. The number of likely N-dealkylation sites (N-methyl/N-ethyl adjacent to an activating group) is 1. The van der Waals surface area contributed by atoms with E-state index in [1.54, 1.807) is 0 Å². The van der Waals surface area contributed by atoms with Crippen molar-refractivity contribution in [2.75, 3.05) is 7.05 Å². The minimum atomic E-state index is -0.670. The van der Waals surface area contributed by atoms with Crippen LogP contribution in [0.15, 0.2) is 24.3 Å². The second kappa shape index (κ2) is 6.39. The van der Waals surface area contributed by atoms with Crippen LogP contribution in [0.25, 0.3) is 0 Å². The van der Waals surface area contributed by atoms with Crippen molar-refractivity contribution in [3.05, 3.63) is 35.4 Å². The maximum atomic E-state index is 12.2. The summed E-state index contributed by atoms with van der Waals surface area (Å²) in [6.07, 6.45) is 0.858. The maximum absolute atomic E-state index is 12.2. The molecule has 0 fully saturated rings. The normalized spacial score (nSPS) is 21.3. The Morgan fingerprint density at radius 3 is 2.38 bits per heavy atom. The zero-order valence-corrected chi connectivity index (χ0v) is 12.1. The lowest BCUT2D eigenvalue weighted by Gasteiger charge is -2.27. The molecule has 3 amide bonds. The highest BCUT2D eigenvalue weighted by Gasteiger charge is 2.29. The lowest BCUT2D eigenvalue weighted by Crippen LogP contribution is -2.55. The summed E-state index contributed by atoms with van der Waals surface area (Å²) in [6.45, 7) is 1.37. The van der Waals surface area contributed by atoms with E-state index in [0.717, 1.165) is 11.1 Å². The smallest absolute Gasteiger partial charge is 0.243 e. The third-order valence-corrected chi connectivity index (χ3v) is 3.54. The van der Waals surface area contributed by atoms with Crippen LogP contribution in [0, 0.1) is 0 Å². The van der Waals surface area contributed by atoms with Gasteiger partial charge in [0.05, 0.1) is 0 Å². The minimum absolute atomic E-state index is 0.248. The summed E-state index contributed by atoms with van der Waals surface area (Å²) in [7, 11) is 1.53. The van der Waals surface area contributed by atoms with Gasteiger partial charge in [0, 0.05) is 26.8 Å². The van der Waals surface area contributed by atoms with Crippen molar-refractivity contribution in [3.63, 3.8) is 0 Å². The lowest BCUT2D eigenvalue weighted by atomic mass is 9.92. The molecule has 0 radical (unpaired) electrons. The third kappa shape index (κ3) is 3.59. The van der Waals surface area contributed by atoms with Crippen molar-refractivity contribution in [3.8, 4) is 0 Å². The van der Waals surface area contributed by atoms with Crippen molar-refractivity contribution >= 4 is 17.7 Å². The molecule has 0 spiro atoms. The average molecular weight is 289 g/mol. The van der Waals surface area contributed by atoms with Gasteiger partial charge < -0.3 is 16.0 Å². The van der Waals surface area contributed by atoms with E-state index in [4.69, 9.17) is 0 Å². The van der Waals surface area contributed by atoms with E-state index < -0.39 is 12.1 Å². The van der Waals surface area contributed by atoms with Gasteiger partial charge >= 0.3 is 0 Å². The number of hydrogen-bond acceptors (Lipinski definition) is 3. The van der Waals surface area contributed by atoms with Crippen LogP contribution in [0.5, 0.6) is 0 Å². The molecule has 2 rings (SSSR count). The highest BCUT2D eigenvalue weighted by atomic mass is 16.2. The first kappa shape index (κ1) is 15.0. The molecule has 3 N–H and O–H groups in total. The van der Waals surface area contributed by atoms with Crippen LogP contribution in [0.4, 0.5) is 0 Å². The quantitative estimate of drug-likeness (QED) is 0.687. The summed E-state index contributed by atoms with van der Waals surface area (Å²) < 4.78 is 0. The first-order valence-corrected chi connectivity index (χ1v) is 6.87. The number of hydrogen-bond donors (Lipinski definition) is 3. The molecule has 1 aromatic rings. The molecule has 2 atom stereocenters. The van der Waals surface area contributed by atoms with E-state index in [9.17, 15) is 14.4 Å². The van der Waals surface area contributed by atoms with Crippen molar-refractivity contribution in [1.82, 2.24) is 16.0 Å². The third-order valence-electron chi connectivity index (χ3n) is 3.54. The molecule has 6 heteroatoms. The second-order valence-corrected chi connectivity index (χ2v) is 5.11. The maximum Gasteiger partial charge on any atom is 0.243 e. The Morgan fingerprint density at radius 2 is 1.81 bits per heavy atom. The standard InChI is InChI=1S/C15H19N3O3/c1-9(19)17-13-8-11-6-4-3-5-10(11)7-12(14(20)16-2)18-15(13)21/h3-6,12-13H,7-8H2,1-2H3,(H,16,20)(H,17,19)(H,18,21)/t12-,13+/m1/s1. The lowest BCUT2D eigenvalue weighted by molar-refractivity contribution is -0.131. The summed E-state index contributed by atoms with van der Waals surface area (Å²) in [5.74, 6) is -0.861. The summed E-state index contributed by atoms with van der Waals surface area (Å²) in [6, 6.07) is 6.34. The number of amides is 3. The molecule has 0 unspecified atom stereocenters. The molecule has 0 bridgehead atoms. The highest BCUT2D eigenvalue weighted by molar-refractivity contribution is 5.92. The van der Waals surface area contributed by atoms with E-state index in [0.29, 0.717) is 12.8 Å². The summed E-state index contributed by atoms with van der Waals surface area (Å²) in [5.41, 5.74) is 1.97. The Balaban J connectivity index is 2.35. The second-order valence-electron chi connectivity index (χ2n) is 5.11. The molecule has 0 aliphatic carbocycles. The van der Waals surface area contributed by atoms with Gasteiger partial charge in [0.15, 0.2) is 0 Å². The number of rotatable bonds is 2. The van der Waals surface area contributed by atoms with Crippen LogP contribution in [0.2, 0.25) is 0 Å². The summed E-state index contributed by atoms with van der Waals surface area (Å²) >= 11 is 0. The van der Waals surface area contributed by atoms with Gasteiger partial charge in [0.2, 0.25) is 17.7 Å². The van der Waals surface area contributed by atoms with E-state index in [2.05, 4.69) is 16.0 Å². The fraction of sp³-hybridized carbons (Fsp3) is 0.400. The van der Waals surface area contributed by atoms with Crippen LogP contribution < -0.4 is 16.0 Å². The number of carbonyl (C=O) groups is 3. The molecule has 0 saturated carbocycles. The van der Waals surface area contributed by atoms with Crippen LogP contribution in [0.1, 0.15) is 18.1 Å². The van der Waals surface area contributed by atoms with Crippen LogP contribution in [0.3, 0.4) is 0 Å². The Hall–Kier alpha value is -2.37. The van der Waals surface area contributed by atoms with Gasteiger partial charge in [-0.05, 0) is 11.1 Å². The monoisotopic (exact) mass is 289 g/mol. The Morgan fingerprint density at radius 1 is 1.19 bits per heavy atom. The van der Waals surface area contributed by atoms with Crippen molar-refractivity contribution in [2.45, 2.75) is 31.8 Å². The molecule has 1 aliphatic rings. The molecule has 21 heavy (non-hydrogen) atoms. The van der Waals surface area contributed by atoms with E-state index in [1.165, 1.54) is 14.0 Å². The predicted octanol–water partition coefficient (Wildman–Crippen LogP) is -0.479. The molecular formula is C15H19N3O3. The number of nitrogens with one attached hydrogen (secondary N) is 3. The molecule has 0 saturated heterocycles. The van der Waals surface area contributed by atoms with Crippen LogP contribution in [-0.2, 0) is 27.2 Å². The Kier molecular flexibility index (Phi) is 4.57. The average Bonchev–Trinajstić information content (AvgIpc) is 2.44.